The maximum Gasteiger partial charge on any atom is 0.238 e. The smallest absolute Gasteiger partial charge is 0.238 e. The predicted octanol–water partition coefficient (Wildman–Crippen LogP) is 0.888. The van der Waals surface area contributed by atoms with Crippen LogP contribution in [-0.2, 0) is 16.6 Å². The number of hydrogen-bond acceptors (Lipinski definition) is 4. The van der Waals surface area contributed by atoms with Crippen molar-refractivity contribution in [1.82, 2.24) is 4.98 Å². The number of aliphatic hydroxyl groups excluding tert-OH is 1. The normalized spacial score (nSPS) is 11.4. The third-order valence-corrected chi connectivity index (χ3v) is 3.46. The first-order valence-corrected chi connectivity index (χ1v) is 6.75. The molecular weight excluding hydrogens is 252 g/mol. The summed E-state index contributed by atoms with van der Waals surface area (Å²) in [7, 11) is -3.77. The maximum absolute atomic E-state index is 11.5. The highest BCUT2D eigenvalue weighted by Crippen LogP contribution is 2.25. The molecular formula is C12H12N2O3S. The number of hydrogen-bond donors (Lipinski definition) is 2. The second-order valence-corrected chi connectivity index (χ2v) is 5.27. The average molecular weight is 264 g/mol. The van der Waals surface area contributed by atoms with Gasteiger partial charge in [0.25, 0.3) is 0 Å². The molecule has 6 heteroatoms. The molecule has 0 unspecified atom stereocenters. The van der Waals surface area contributed by atoms with E-state index in [0.717, 1.165) is 0 Å². The molecule has 0 atom stereocenters. The van der Waals surface area contributed by atoms with Gasteiger partial charge in [-0.05, 0) is 12.1 Å². The van der Waals surface area contributed by atoms with Gasteiger partial charge in [0, 0.05) is 17.3 Å². The van der Waals surface area contributed by atoms with Crippen LogP contribution in [0.2, 0.25) is 0 Å². The molecule has 0 bridgehead atoms. The lowest BCUT2D eigenvalue weighted by Gasteiger charge is -2.07. The summed E-state index contributed by atoms with van der Waals surface area (Å²) in [5, 5.41) is 14.1. The lowest BCUT2D eigenvalue weighted by atomic mass is 10.1. The SMILES string of the molecule is NS(=O)(=O)c1ccccc1-c1ccc(CO)nc1. The largest absolute Gasteiger partial charge is 0.390 e. The zero-order valence-electron chi connectivity index (χ0n) is 9.45. The standard InChI is InChI=1S/C12H12N2O3S/c13-18(16,17)12-4-2-1-3-11(12)9-5-6-10(8-15)14-7-9/h1-7,15H,8H2,(H2,13,16,17). The van der Waals surface area contributed by atoms with E-state index >= 15 is 0 Å². The Morgan fingerprint density at radius 1 is 1.17 bits per heavy atom. The van der Waals surface area contributed by atoms with E-state index in [0.29, 0.717) is 16.8 Å². The third kappa shape index (κ3) is 2.56. The molecule has 1 aromatic carbocycles. The van der Waals surface area contributed by atoms with Crippen LogP contribution in [0.3, 0.4) is 0 Å². The molecule has 0 radical (unpaired) electrons. The van der Waals surface area contributed by atoms with Crippen molar-refractivity contribution >= 4 is 10.0 Å². The summed E-state index contributed by atoms with van der Waals surface area (Å²) >= 11 is 0. The molecule has 0 aliphatic carbocycles. The molecule has 0 saturated heterocycles. The zero-order chi connectivity index (χ0) is 13.2. The summed E-state index contributed by atoms with van der Waals surface area (Å²) in [5.41, 5.74) is 1.65. The number of aromatic nitrogens is 1. The lowest BCUT2D eigenvalue weighted by Crippen LogP contribution is -2.13. The van der Waals surface area contributed by atoms with Crippen molar-refractivity contribution in [1.29, 1.82) is 0 Å². The van der Waals surface area contributed by atoms with Crippen LogP contribution >= 0.6 is 0 Å². The number of aliphatic hydroxyl groups is 1. The van der Waals surface area contributed by atoms with E-state index in [1.54, 1.807) is 30.3 Å². The molecule has 94 valence electrons. The lowest BCUT2D eigenvalue weighted by molar-refractivity contribution is 0.277. The van der Waals surface area contributed by atoms with Crippen LogP contribution in [-0.4, -0.2) is 18.5 Å². The number of primary sulfonamides is 1. The summed E-state index contributed by atoms with van der Waals surface area (Å²) in [6.45, 7) is -0.156. The van der Waals surface area contributed by atoms with E-state index in [9.17, 15) is 8.42 Å². The van der Waals surface area contributed by atoms with Crippen molar-refractivity contribution in [2.24, 2.45) is 5.14 Å². The third-order valence-electron chi connectivity index (χ3n) is 2.49. The first kappa shape index (κ1) is 12.7. The van der Waals surface area contributed by atoms with Crippen LogP contribution in [0, 0.1) is 0 Å². The number of nitrogens with zero attached hydrogens (tertiary/aromatic N) is 1. The fourth-order valence-corrected chi connectivity index (χ4v) is 2.39. The number of nitrogens with two attached hydrogens (primary N) is 1. The van der Waals surface area contributed by atoms with Gasteiger partial charge in [0.15, 0.2) is 0 Å². The fourth-order valence-electron chi connectivity index (χ4n) is 1.63. The molecule has 0 fully saturated rings. The minimum absolute atomic E-state index is 0.0588. The maximum atomic E-state index is 11.5. The minimum Gasteiger partial charge on any atom is -0.390 e. The van der Waals surface area contributed by atoms with Crippen molar-refractivity contribution in [2.45, 2.75) is 11.5 Å². The van der Waals surface area contributed by atoms with Crippen LogP contribution in [0.5, 0.6) is 0 Å². The summed E-state index contributed by atoms with van der Waals surface area (Å²) in [5.74, 6) is 0. The number of pyridine rings is 1. The second-order valence-electron chi connectivity index (χ2n) is 3.74. The van der Waals surface area contributed by atoms with Crippen LogP contribution in [0.1, 0.15) is 5.69 Å². The Morgan fingerprint density at radius 2 is 1.89 bits per heavy atom. The molecule has 5 nitrogen and oxygen atoms in total. The van der Waals surface area contributed by atoms with E-state index in [1.165, 1.54) is 12.3 Å². The topological polar surface area (TPSA) is 93.3 Å². The fraction of sp³-hybridized carbons (Fsp3) is 0.0833. The van der Waals surface area contributed by atoms with Crippen LogP contribution < -0.4 is 5.14 Å². The van der Waals surface area contributed by atoms with Crippen LogP contribution in [0.15, 0.2) is 47.5 Å². The summed E-state index contributed by atoms with van der Waals surface area (Å²) in [6, 6.07) is 9.78. The highest BCUT2D eigenvalue weighted by Gasteiger charge is 2.14. The Hall–Kier alpha value is -1.76. The van der Waals surface area contributed by atoms with Crippen molar-refractivity contribution < 1.29 is 13.5 Å². The van der Waals surface area contributed by atoms with Gasteiger partial charge in [-0.2, -0.15) is 0 Å². The van der Waals surface area contributed by atoms with Gasteiger partial charge in [-0.25, -0.2) is 13.6 Å². The molecule has 3 N–H and O–H groups in total. The molecule has 18 heavy (non-hydrogen) atoms. The summed E-state index contributed by atoms with van der Waals surface area (Å²) < 4.78 is 22.9. The van der Waals surface area contributed by atoms with Crippen molar-refractivity contribution in [3.8, 4) is 11.1 Å². The van der Waals surface area contributed by atoms with Gasteiger partial charge in [0.1, 0.15) is 0 Å². The Kier molecular flexibility index (Phi) is 3.42. The molecule has 0 aliphatic heterocycles. The summed E-state index contributed by atoms with van der Waals surface area (Å²) in [4.78, 5) is 4.07. The Labute approximate surface area is 105 Å². The number of benzene rings is 1. The second kappa shape index (κ2) is 4.85. The van der Waals surface area contributed by atoms with E-state index in [2.05, 4.69) is 4.98 Å². The Balaban J connectivity index is 2.57. The van der Waals surface area contributed by atoms with E-state index in [4.69, 9.17) is 10.2 Å². The summed E-state index contributed by atoms with van der Waals surface area (Å²) in [6.07, 6.45) is 1.51. The molecule has 2 aromatic rings. The predicted molar refractivity (Wildman–Crippen MR) is 67.0 cm³/mol. The zero-order valence-corrected chi connectivity index (χ0v) is 10.3. The highest BCUT2D eigenvalue weighted by molar-refractivity contribution is 7.89. The van der Waals surface area contributed by atoms with Crippen molar-refractivity contribution in [3.63, 3.8) is 0 Å². The molecule has 0 spiro atoms. The van der Waals surface area contributed by atoms with Crippen molar-refractivity contribution in [2.75, 3.05) is 0 Å². The number of rotatable bonds is 3. The van der Waals surface area contributed by atoms with Crippen LogP contribution in [0.25, 0.3) is 11.1 Å². The molecule has 0 saturated carbocycles. The minimum atomic E-state index is -3.77. The van der Waals surface area contributed by atoms with E-state index in [1.807, 2.05) is 0 Å². The van der Waals surface area contributed by atoms with Gasteiger partial charge in [-0.1, -0.05) is 24.3 Å². The first-order valence-electron chi connectivity index (χ1n) is 5.20. The molecule has 1 heterocycles. The number of sulfonamides is 1. The average Bonchev–Trinajstić information content (AvgIpc) is 2.38. The van der Waals surface area contributed by atoms with Gasteiger partial charge in [0.2, 0.25) is 10.0 Å². The van der Waals surface area contributed by atoms with Gasteiger partial charge in [-0.3, -0.25) is 4.98 Å². The van der Waals surface area contributed by atoms with E-state index < -0.39 is 10.0 Å². The van der Waals surface area contributed by atoms with E-state index in [-0.39, 0.29) is 11.5 Å². The Morgan fingerprint density at radius 3 is 2.44 bits per heavy atom. The molecule has 0 aliphatic rings. The highest BCUT2D eigenvalue weighted by atomic mass is 32.2. The Bertz CT molecular complexity index is 651. The molecule has 1 aromatic heterocycles. The van der Waals surface area contributed by atoms with Gasteiger partial charge in [-0.15, -0.1) is 0 Å². The quantitative estimate of drug-likeness (QED) is 0.860. The monoisotopic (exact) mass is 264 g/mol. The van der Waals surface area contributed by atoms with Gasteiger partial charge < -0.3 is 5.11 Å². The van der Waals surface area contributed by atoms with Gasteiger partial charge in [0.05, 0.1) is 17.2 Å². The van der Waals surface area contributed by atoms with Crippen LogP contribution in [0.4, 0.5) is 0 Å². The van der Waals surface area contributed by atoms with Crippen molar-refractivity contribution in [3.05, 3.63) is 48.3 Å². The van der Waals surface area contributed by atoms with Gasteiger partial charge >= 0.3 is 0 Å². The molecule has 2 rings (SSSR count). The molecule has 0 amide bonds. The first-order chi connectivity index (χ1) is 8.52.